The lowest BCUT2D eigenvalue weighted by molar-refractivity contribution is -0.294. The molecule has 1 unspecified atom stereocenters. The van der Waals surface area contributed by atoms with Gasteiger partial charge in [0.15, 0.2) is 12.2 Å². The zero-order valence-corrected chi connectivity index (χ0v) is 31.3. The number of nitrogens with zero attached hydrogens (tertiary/aromatic N) is 1. The molecule has 0 amide bonds. The zero-order valence-electron chi connectivity index (χ0n) is 35.3. The maximum atomic E-state index is 14.5. The van der Waals surface area contributed by atoms with E-state index in [2.05, 4.69) is 10.2 Å². The molecule has 0 saturated carbocycles. The molecule has 1 aromatic heterocycles. The molecule has 12 nitrogen and oxygen atoms in total. The van der Waals surface area contributed by atoms with Gasteiger partial charge in [-0.15, -0.1) is 5.10 Å². The van der Waals surface area contributed by atoms with E-state index >= 15 is 0 Å². The molecule has 2 heterocycles. The average Bonchev–Trinajstić information content (AvgIpc) is 3.47. The van der Waals surface area contributed by atoms with Gasteiger partial charge in [-0.05, 0) is 114 Å². The van der Waals surface area contributed by atoms with E-state index in [1.165, 1.54) is 61.5 Å². The van der Waals surface area contributed by atoms with Crippen LogP contribution in [0.1, 0.15) is 111 Å². The fourth-order valence-corrected chi connectivity index (χ4v) is 4.51. The summed E-state index contributed by atoms with van der Waals surface area (Å²) >= 11 is 0. The van der Waals surface area contributed by atoms with Crippen molar-refractivity contribution >= 4 is 23.9 Å². The third kappa shape index (κ3) is 10.8. The number of aromatic amines is 1. The minimum atomic E-state index is -1.73. The number of H-pyrrole nitrogens is 1. The highest BCUT2D eigenvalue weighted by molar-refractivity contribution is 5.78. The molecular weight excluding hydrogens is 663 g/mol. The summed E-state index contributed by atoms with van der Waals surface area (Å²) in [7, 11) is 0. The Labute approximate surface area is 306 Å². The van der Waals surface area contributed by atoms with Crippen LogP contribution >= 0.6 is 0 Å². The molecule has 2 aromatic rings. The number of halogens is 1. The van der Waals surface area contributed by atoms with Crippen molar-refractivity contribution < 1.29 is 57.5 Å². The molecule has 1 N–H and O–H groups in total. The highest BCUT2D eigenvalue weighted by Gasteiger charge is 2.56. The maximum absolute atomic E-state index is 14.5. The minimum absolute atomic E-state index is 0.0577. The molecule has 0 radical (unpaired) electrons. The predicted octanol–water partition coefficient (Wildman–Crippen LogP) is 6.32. The number of aromatic nitrogens is 2. The molecule has 3 rings (SSSR count). The summed E-state index contributed by atoms with van der Waals surface area (Å²) < 4.78 is 82.4. The second-order valence-corrected chi connectivity index (χ2v) is 15.8. The standard InChI is InChI=1S/C38H55FN2O10/c1-20-15-16-22(18-24(20)39)17-23-21(2)40-41-29(23)51-30-28(50-34(45)38(12,13)14)27(49-33(44)37(9,10)11)26(48-32(43)36(6,7)8)25(47-30)19-46-31(42)35(3,4)5/h15-16,18,25-28,30H,17,19H2,1-14H3,(H,40,41)/t25-,26-,27+,28-,30?/m1/s1/i3D,6D,9D,12D. The third-order valence-electron chi connectivity index (χ3n) is 7.79. The predicted molar refractivity (Wildman–Crippen MR) is 185 cm³/mol. The number of carbonyl (C=O) groups is 4. The summed E-state index contributed by atoms with van der Waals surface area (Å²) in [5.74, 6) is -4.02. The molecule has 1 saturated heterocycles. The lowest BCUT2D eigenvalue weighted by Crippen LogP contribution is -2.65. The molecule has 0 spiro atoms. The van der Waals surface area contributed by atoms with Gasteiger partial charge in [0, 0.05) is 23.2 Å². The summed E-state index contributed by atoms with van der Waals surface area (Å²) in [6.07, 6.45) is -8.13. The molecule has 13 heteroatoms. The van der Waals surface area contributed by atoms with Crippen molar-refractivity contribution in [2.45, 2.75) is 134 Å². The quantitative estimate of drug-likeness (QED) is 0.229. The normalized spacial score (nSPS) is 22.5. The van der Waals surface area contributed by atoms with Gasteiger partial charge >= 0.3 is 23.9 Å². The second kappa shape index (κ2) is 15.3. The number of benzene rings is 1. The smallest absolute Gasteiger partial charge is 0.311 e. The number of esters is 4. The number of carbonyl (C=O) groups excluding carboxylic acids is 4. The summed E-state index contributed by atoms with van der Waals surface area (Å²) in [5.41, 5.74) is -3.38. The summed E-state index contributed by atoms with van der Waals surface area (Å²) in [6.45, 7) is 13.0. The Kier molecular flexibility index (Phi) is 10.6. The van der Waals surface area contributed by atoms with Gasteiger partial charge in [0.25, 0.3) is 0 Å². The van der Waals surface area contributed by atoms with Crippen molar-refractivity contribution in [2.75, 3.05) is 6.61 Å². The number of hydrogen-bond donors (Lipinski definition) is 1. The van der Waals surface area contributed by atoms with Crippen molar-refractivity contribution in [3.8, 4) is 5.88 Å². The molecule has 0 aliphatic carbocycles. The monoisotopic (exact) mass is 722 g/mol. The fourth-order valence-electron chi connectivity index (χ4n) is 4.51. The van der Waals surface area contributed by atoms with Gasteiger partial charge in [-0.1, -0.05) is 12.1 Å². The first-order valence-corrected chi connectivity index (χ1v) is 16.5. The van der Waals surface area contributed by atoms with E-state index in [0.717, 1.165) is 0 Å². The number of nitrogens with one attached hydrogen (secondary N) is 1. The van der Waals surface area contributed by atoms with Gasteiger partial charge in [0.1, 0.15) is 18.5 Å². The molecule has 1 aliphatic rings. The Bertz CT molecular complexity index is 1700. The first-order chi connectivity index (χ1) is 25.4. The van der Waals surface area contributed by atoms with Crippen molar-refractivity contribution in [3.05, 3.63) is 46.4 Å². The van der Waals surface area contributed by atoms with Crippen LogP contribution in [0.5, 0.6) is 5.88 Å². The first kappa shape index (κ1) is 35.4. The fraction of sp³-hybridized carbons (Fsp3) is 0.658. The van der Waals surface area contributed by atoms with Crippen LogP contribution in [0, 0.1) is 41.3 Å². The molecule has 0 bridgehead atoms. The highest BCUT2D eigenvalue weighted by atomic mass is 19.1. The summed E-state index contributed by atoms with van der Waals surface area (Å²) in [4.78, 5) is 54.1. The average molecular weight is 723 g/mol. The van der Waals surface area contributed by atoms with Crippen molar-refractivity contribution in [1.82, 2.24) is 10.2 Å². The van der Waals surface area contributed by atoms with E-state index in [1.807, 2.05) is 0 Å². The van der Waals surface area contributed by atoms with E-state index in [1.54, 1.807) is 26.0 Å². The molecular formula is C38H55FN2O10. The van der Waals surface area contributed by atoms with E-state index in [9.17, 15) is 23.6 Å². The Balaban J connectivity index is 2.25. The third-order valence-corrected chi connectivity index (χ3v) is 7.79. The first-order valence-electron chi connectivity index (χ1n) is 19.4. The minimum Gasteiger partial charge on any atom is -0.462 e. The zero-order chi connectivity index (χ0) is 41.7. The molecule has 1 fully saturated rings. The van der Waals surface area contributed by atoms with Gasteiger partial charge < -0.3 is 28.4 Å². The van der Waals surface area contributed by atoms with Crippen molar-refractivity contribution in [1.29, 1.82) is 0 Å². The van der Waals surface area contributed by atoms with E-state index in [4.69, 9.17) is 33.9 Å². The number of hydrogen-bond acceptors (Lipinski definition) is 11. The topological polar surface area (TPSA) is 152 Å². The largest absolute Gasteiger partial charge is 0.462 e. The van der Waals surface area contributed by atoms with Crippen molar-refractivity contribution in [2.24, 2.45) is 21.7 Å². The molecule has 284 valence electrons. The second-order valence-electron chi connectivity index (χ2n) is 15.8. The van der Waals surface area contributed by atoms with Gasteiger partial charge in [-0.2, -0.15) is 0 Å². The Hall–Kier alpha value is -4.00. The maximum Gasteiger partial charge on any atom is 0.311 e. The number of ether oxygens (including phenoxy) is 6. The molecule has 5 atom stereocenters. The van der Waals surface area contributed by atoms with Gasteiger partial charge in [-0.3, -0.25) is 24.3 Å². The van der Waals surface area contributed by atoms with Crippen LogP contribution in [0.3, 0.4) is 0 Å². The Morgan fingerprint density at radius 1 is 0.804 bits per heavy atom. The van der Waals surface area contributed by atoms with Gasteiger partial charge in [0.2, 0.25) is 18.3 Å². The Morgan fingerprint density at radius 3 is 1.84 bits per heavy atom. The molecule has 1 aliphatic heterocycles. The van der Waals surface area contributed by atoms with Gasteiger partial charge in [-0.25, -0.2) is 4.39 Å². The van der Waals surface area contributed by atoms with Crippen LogP contribution in [-0.2, 0) is 49.3 Å². The van der Waals surface area contributed by atoms with E-state index < -0.39 is 109 Å². The van der Waals surface area contributed by atoms with Crippen molar-refractivity contribution in [3.63, 3.8) is 0 Å². The Morgan fingerprint density at radius 2 is 1.31 bits per heavy atom. The van der Waals surface area contributed by atoms with E-state index in [-0.39, 0.29) is 19.2 Å². The summed E-state index contributed by atoms with van der Waals surface area (Å²) in [6, 6.07) is 4.74. The van der Waals surface area contributed by atoms with Crippen LogP contribution in [0.15, 0.2) is 18.2 Å². The highest BCUT2D eigenvalue weighted by Crippen LogP contribution is 2.36. The van der Waals surface area contributed by atoms with Crippen LogP contribution in [0.2, 0.25) is 0 Å². The van der Waals surface area contributed by atoms with Crippen LogP contribution < -0.4 is 4.74 Å². The summed E-state index contributed by atoms with van der Waals surface area (Å²) in [5, 5.41) is 7.11. The SMILES string of the molecule is [2H]CC(C)(C)C(=O)OC[C@H]1OC(Oc2n[nH]c(C)c2Cc2ccc(C)c(F)c2)[C@H](OC(=O)C(C)(C)C[2H])[C@@H](OC(=O)C(C)(C)C[2H])[C@@H]1OC(=O)C(C)(C)C[2H]. The van der Waals surface area contributed by atoms with Crippen LogP contribution in [0.25, 0.3) is 0 Å². The lowest BCUT2D eigenvalue weighted by atomic mass is 9.93. The van der Waals surface area contributed by atoms with Gasteiger partial charge in [0.05, 0.1) is 21.7 Å². The van der Waals surface area contributed by atoms with Crippen LogP contribution in [0.4, 0.5) is 4.39 Å². The number of aryl methyl sites for hydroxylation is 2. The number of rotatable bonds is 9. The lowest BCUT2D eigenvalue weighted by Gasteiger charge is -2.45. The molecule has 1 aromatic carbocycles. The van der Waals surface area contributed by atoms with E-state index in [0.29, 0.717) is 22.4 Å². The van der Waals surface area contributed by atoms with Crippen LogP contribution in [-0.4, -0.2) is 71.4 Å². The molecule has 51 heavy (non-hydrogen) atoms.